The molecule has 6 heteroatoms. The molecule has 19 heavy (non-hydrogen) atoms. The average molecular weight is 396 g/mol. The van der Waals surface area contributed by atoms with Crippen LogP contribution in [0.2, 0.25) is 0 Å². The number of hydrogen-bond acceptors (Lipinski definition) is 3. The first-order valence-corrected chi connectivity index (χ1v) is 7.32. The van der Waals surface area contributed by atoms with Gasteiger partial charge in [-0.25, -0.2) is 9.98 Å². The molecule has 0 saturated carbocycles. The minimum absolute atomic E-state index is 0. The van der Waals surface area contributed by atoms with Crippen LogP contribution in [0.5, 0.6) is 0 Å². The van der Waals surface area contributed by atoms with Crippen LogP contribution >= 0.6 is 35.3 Å². The van der Waals surface area contributed by atoms with Gasteiger partial charge in [0.25, 0.3) is 0 Å². The standard InChI is InChI=1S/C13H24N4S.HI/c1-6-14-12(15-7-2)16-8-11-17-10(9-18-11)13(3,4)5;/h9H,6-8H2,1-5H3,(H2,14,15,16);1H. The molecule has 0 unspecified atom stereocenters. The average Bonchev–Trinajstić information content (AvgIpc) is 2.75. The van der Waals surface area contributed by atoms with Gasteiger partial charge in [-0.15, -0.1) is 35.3 Å². The van der Waals surface area contributed by atoms with Gasteiger partial charge in [0.15, 0.2) is 5.96 Å². The molecule has 0 spiro atoms. The molecule has 0 aliphatic rings. The van der Waals surface area contributed by atoms with Gasteiger partial charge in [0, 0.05) is 23.9 Å². The maximum absolute atomic E-state index is 4.63. The first kappa shape index (κ1) is 18.6. The summed E-state index contributed by atoms with van der Waals surface area (Å²) in [6.07, 6.45) is 0. The highest BCUT2D eigenvalue weighted by molar-refractivity contribution is 14.0. The van der Waals surface area contributed by atoms with Gasteiger partial charge < -0.3 is 10.6 Å². The predicted molar refractivity (Wildman–Crippen MR) is 94.7 cm³/mol. The molecule has 2 N–H and O–H groups in total. The summed E-state index contributed by atoms with van der Waals surface area (Å²) in [7, 11) is 0. The largest absolute Gasteiger partial charge is 0.357 e. The van der Waals surface area contributed by atoms with Crippen molar-refractivity contribution in [1.29, 1.82) is 0 Å². The minimum Gasteiger partial charge on any atom is -0.357 e. The zero-order chi connectivity index (χ0) is 13.6. The van der Waals surface area contributed by atoms with Gasteiger partial charge in [-0.1, -0.05) is 20.8 Å². The van der Waals surface area contributed by atoms with Crippen LogP contribution in [0.1, 0.15) is 45.3 Å². The highest BCUT2D eigenvalue weighted by Crippen LogP contribution is 2.24. The van der Waals surface area contributed by atoms with Crippen LogP contribution < -0.4 is 10.6 Å². The maximum atomic E-state index is 4.63. The summed E-state index contributed by atoms with van der Waals surface area (Å²) >= 11 is 1.68. The van der Waals surface area contributed by atoms with E-state index >= 15 is 0 Å². The Morgan fingerprint density at radius 1 is 1.26 bits per heavy atom. The highest BCUT2D eigenvalue weighted by atomic mass is 127. The second-order valence-electron chi connectivity index (χ2n) is 5.10. The fourth-order valence-corrected chi connectivity index (χ4v) is 2.33. The van der Waals surface area contributed by atoms with E-state index in [1.54, 1.807) is 11.3 Å². The highest BCUT2D eigenvalue weighted by Gasteiger charge is 2.17. The van der Waals surface area contributed by atoms with Crippen LogP contribution in [0.3, 0.4) is 0 Å². The molecule has 4 nitrogen and oxygen atoms in total. The lowest BCUT2D eigenvalue weighted by Gasteiger charge is -2.14. The Morgan fingerprint density at radius 2 is 1.84 bits per heavy atom. The van der Waals surface area contributed by atoms with Crippen molar-refractivity contribution in [3.63, 3.8) is 0 Å². The summed E-state index contributed by atoms with van der Waals surface area (Å²) in [6, 6.07) is 0. The molecule has 0 fully saturated rings. The van der Waals surface area contributed by atoms with E-state index in [0.717, 1.165) is 29.8 Å². The van der Waals surface area contributed by atoms with Crippen molar-refractivity contribution in [2.45, 2.75) is 46.6 Å². The third-order valence-electron chi connectivity index (χ3n) is 2.38. The normalized spacial score (nSPS) is 10.6. The molecular weight excluding hydrogens is 371 g/mol. The second kappa shape index (κ2) is 8.73. The van der Waals surface area contributed by atoms with Gasteiger partial charge in [-0.2, -0.15) is 0 Å². The minimum atomic E-state index is 0. The Balaban J connectivity index is 0.00000324. The van der Waals surface area contributed by atoms with E-state index in [0.29, 0.717) is 6.54 Å². The molecule has 0 atom stereocenters. The van der Waals surface area contributed by atoms with Crippen LogP contribution in [-0.4, -0.2) is 24.0 Å². The first-order valence-electron chi connectivity index (χ1n) is 6.44. The first-order chi connectivity index (χ1) is 8.47. The molecular formula is C13H25IN4S. The zero-order valence-corrected chi connectivity index (χ0v) is 15.6. The van der Waals surface area contributed by atoms with Crippen molar-refractivity contribution in [2.24, 2.45) is 4.99 Å². The van der Waals surface area contributed by atoms with Crippen molar-refractivity contribution < 1.29 is 0 Å². The van der Waals surface area contributed by atoms with Crippen LogP contribution in [0.25, 0.3) is 0 Å². The summed E-state index contributed by atoms with van der Waals surface area (Å²) in [5.74, 6) is 0.854. The molecule has 0 saturated heterocycles. The van der Waals surface area contributed by atoms with Crippen LogP contribution in [0.15, 0.2) is 10.4 Å². The molecule has 0 radical (unpaired) electrons. The molecule has 1 aromatic heterocycles. The number of guanidine groups is 1. The number of hydrogen-bond donors (Lipinski definition) is 2. The molecule has 0 aliphatic carbocycles. The molecule has 0 bridgehead atoms. The van der Waals surface area contributed by atoms with Gasteiger partial charge >= 0.3 is 0 Å². The molecule has 1 heterocycles. The summed E-state index contributed by atoms with van der Waals surface area (Å²) in [4.78, 5) is 9.14. The quantitative estimate of drug-likeness (QED) is 0.467. The van der Waals surface area contributed by atoms with Gasteiger partial charge in [-0.3, -0.25) is 0 Å². The zero-order valence-electron chi connectivity index (χ0n) is 12.4. The van der Waals surface area contributed by atoms with E-state index in [-0.39, 0.29) is 29.4 Å². The lowest BCUT2D eigenvalue weighted by Crippen LogP contribution is -2.36. The summed E-state index contributed by atoms with van der Waals surface area (Å²) < 4.78 is 0. The van der Waals surface area contributed by atoms with Gasteiger partial charge in [0.05, 0.1) is 12.2 Å². The molecule has 0 aromatic carbocycles. The second-order valence-corrected chi connectivity index (χ2v) is 6.04. The number of aromatic nitrogens is 1. The molecule has 0 amide bonds. The van der Waals surface area contributed by atoms with Crippen LogP contribution in [-0.2, 0) is 12.0 Å². The van der Waals surface area contributed by atoms with Crippen molar-refractivity contribution >= 4 is 41.3 Å². The lowest BCUT2D eigenvalue weighted by atomic mass is 9.93. The summed E-state index contributed by atoms with van der Waals surface area (Å²) in [5.41, 5.74) is 1.26. The van der Waals surface area contributed by atoms with E-state index in [2.05, 4.69) is 60.6 Å². The fraction of sp³-hybridized carbons (Fsp3) is 0.692. The topological polar surface area (TPSA) is 49.3 Å². The molecule has 0 aliphatic heterocycles. The number of nitrogens with zero attached hydrogens (tertiary/aromatic N) is 2. The molecule has 110 valence electrons. The van der Waals surface area contributed by atoms with Gasteiger partial charge in [0.1, 0.15) is 5.01 Å². The van der Waals surface area contributed by atoms with Crippen molar-refractivity contribution in [3.8, 4) is 0 Å². The number of aliphatic imine (C=N–C) groups is 1. The van der Waals surface area contributed by atoms with E-state index < -0.39 is 0 Å². The number of halogens is 1. The Bertz CT molecular complexity index is 388. The number of thiazole rings is 1. The maximum Gasteiger partial charge on any atom is 0.191 e. The van der Waals surface area contributed by atoms with E-state index in [1.165, 1.54) is 0 Å². The van der Waals surface area contributed by atoms with E-state index in [1.807, 2.05) is 0 Å². The predicted octanol–water partition coefficient (Wildman–Crippen LogP) is 3.13. The smallest absolute Gasteiger partial charge is 0.191 e. The fourth-order valence-electron chi connectivity index (χ4n) is 1.38. The Morgan fingerprint density at radius 3 is 2.26 bits per heavy atom. The van der Waals surface area contributed by atoms with Crippen LogP contribution in [0, 0.1) is 0 Å². The monoisotopic (exact) mass is 396 g/mol. The third-order valence-corrected chi connectivity index (χ3v) is 3.21. The van der Waals surface area contributed by atoms with E-state index in [4.69, 9.17) is 0 Å². The number of nitrogens with one attached hydrogen (secondary N) is 2. The molecule has 1 aromatic rings. The Kier molecular flexibility index (Phi) is 8.56. The molecule has 1 rings (SSSR count). The summed E-state index contributed by atoms with van der Waals surface area (Å²) in [5, 5.41) is 9.61. The van der Waals surface area contributed by atoms with Crippen molar-refractivity contribution in [1.82, 2.24) is 15.6 Å². The van der Waals surface area contributed by atoms with Gasteiger partial charge in [0.2, 0.25) is 0 Å². The Hall–Kier alpha value is -0.370. The number of rotatable bonds is 4. The van der Waals surface area contributed by atoms with Crippen molar-refractivity contribution in [2.75, 3.05) is 13.1 Å². The van der Waals surface area contributed by atoms with Crippen LogP contribution in [0.4, 0.5) is 0 Å². The van der Waals surface area contributed by atoms with Crippen molar-refractivity contribution in [3.05, 3.63) is 16.1 Å². The SMILES string of the molecule is CCNC(=NCc1nc(C(C)(C)C)cs1)NCC.I. The van der Waals surface area contributed by atoms with E-state index in [9.17, 15) is 0 Å². The lowest BCUT2D eigenvalue weighted by molar-refractivity contribution is 0.571. The van der Waals surface area contributed by atoms with Gasteiger partial charge in [-0.05, 0) is 13.8 Å². The third kappa shape index (κ3) is 6.56. The summed E-state index contributed by atoms with van der Waals surface area (Å²) in [6.45, 7) is 13.0. The Labute approximate surface area is 137 Å².